The Morgan fingerprint density at radius 3 is 2.42 bits per heavy atom. The van der Waals surface area contributed by atoms with Gasteiger partial charge in [-0.1, -0.05) is 48.2 Å². The number of carbonyl (C=O) groups is 2. The smallest absolute Gasteiger partial charge is 0.242 e. The number of benzene rings is 2. The minimum absolute atomic E-state index is 0.0992. The molecule has 2 amide bonds. The number of thioether (sulfide) groups is 1. The number of amidine groups is 1. The molecule has 0 aliphatic carbocycles. The Labute approximate surface area is 144 Å². The molecule has 1 heterocycles. The Balaban J connectivity index is 1.66. The quantitative estimate of drug-likeness (QED) is 0.930. The first-order valence-electron chi connectivity index (χ1n) is 7.56. The van der Waals surface area contributed by atoms with Crippen LogP contribution in [0.5, 0.6) is 0 Å². The predicted octanol–water partition coefficient (Wildman–Crippen LogP) is 3.28. The zero-order valence-electron chi connectivity index (χ0n) is 13.2. The van der Waals surface area contributed by atoms with E-state index >= 15 is 0 Å². The van der Waals surface area contributed by atoms with Crippen molar-refractivity contribution >= 4 is 40.1 Å². The maximum Gasteiger partial charge on any atom is 0.242 e. The molecule has 0 unspecified atom stereocenters. The first kappa shape index (κ1) is 16.3. The van der Waals surface area contributed by atoms with E-state index < -0.39 is 5.25 Å². The molecule has 122 valence electrons. The van der Waals surface area contributed by atoms with Crippen LogP contribution in [-0.2, 0) is 9.59 Å². The van der Waals surface area contributed by atoms with Crippen LogP contribution in [0, 0.1) is 0 Å². The summed E-state index contributed by atoms with van der Waals surface area (Å²) in [6, 6.07) is 18.7. The van der Waals surface area contributed by atoms with Crippen molar-refractivity contribution in [1.29, 1.82) is 0 Å². The van der Waals surface area contributed by atoms with E-state index in [0.29, 0.717) is 5.17 Å². The van der Waals surface area contributed by atoms with E-state index in [1.54, 1.807) is 7.05 Å². The molecule has 5 nitrogen and oxygen atoms in total. The number of nitrogens with zero attached hydrogens (tertiary/aromatic N) is 2. The van der Waals surface area contributed by atoms with Gasteiger partial charge in [-0.05, 0) is 24.3 Å². The molecule has 6 heteroatoms. The summed E-state index contributed by atoms with van der Waals surface area (Å²) in [6.45, 7) is 0. The van der Waals surface area contributed by atoms with Crippen molar-refractivity contribution in [3.8, 4) is 0 Å². The molecule has 0 radical (unpaired) electrons. The van der Waals surface area contributed by atoms with Crippen molar-refractivity contribution in [2.75, 3.05) is 12.4 Å². The van der Waals surface area contributed by atoms with Gasteiger partial charge >= 0.3 is 0 Å². The van der Waals surface area contributed by atoms with Gasteiger partial charge in [0.25, 0.3) is 0 Å². The lowest BCUT2D eigenvalue weighted by atomic mass is 10.2. The first-order valence-corrected chi connectivity index (χ1v) is 8.44. The fourth-order valence-corrected chi connectivity index (χ4v) is 3.47. The van der Waals surface area contributed by atoms with Crippen molar-refractivity contribution in [3.63, 3.8) is 0 Å². The van der Waals surface area contributed by atoms with Crippen LogP contribution in [-0.4, -0.2) is 34.2 Å². The molecule has 3 rings (SSSR count). The molecular weight excluding hydrogens is 322 g/mol. The number of rotatable bonds is 4. The Morgan fingerprint density at radius 2 is 1.75 bits per heavy atom. The summed E-state index contributed by atoms with van der Waals surface area (Å²) in [7, 11) is 1.69. The Hall–Kier alpha value is -2.60. The van der Waals surface area contributed by atoms with Gasteiger partial charge < -0.3 is 5.32 Å². The highest BCUT2D eigenvalue weighted by atomic mass is 32.2. The van der Waals surface area contributed by atoms with Crippen molar-refractivity contribution in [3.05, 3.63) is 60.7 Å². The normalized spacial score (nSPS) is 18.9. The van der Waals surface area contributed by atoms with E-state index in [4.69, 9.17) is 0 Å². The number of hydrogen-bond donors (Lipinski definition) is 1. The maximum absolute atomic E-state index is 12.3. The summed E-state index contributed by atoms with van der Waals surface area (Å²) in [6.07, 6.45) is 0.122. The number of nitrogens with one attached hydrogen (secondary N) is 1. The monoisotopic (exact) mass is 339 g/mol. The summed E-state index contributed by atoms with van der Waals surface area (Å²) in [5, 5.41) is 2.98. The lowest BCUT2D eigenvalue weighted by molar-refractivity contribution is -0.127. The Bertz CT molecular complexity index is 762. The van der Waals surface area contributed by atoms with Crippen LogP contribution in [0.3, 0.4) is 0 Å². The van der Waals surface area contributed by atoms with Crippen LogP contribution in [0.4, 0.5) is 11.4 Å². The first-order chi connectivity index (χ1) is 11.6. The van der Waals surface area contributed by atoms with Crippen LogP contribution < -0.4 is 5.32 Å². The fraction of sp³-hybridized carbons (Fsp3) is 0.167. The summed E-state index contributed by atoms with van der Waals surface area (Å²) in [4.78, 5) is 30.5. The molecule has 0 spiro atoms. The van der Waals surface area contributed by atoms with Crippen LogP contribution in [0.25, 0.3) is 0 Å². The minimum atomic E-state index is -0.443. The SMILES string of the molecule is CN1C(=O)[C@H](CC(=O)Nc2ccccc2)SC1=Nc1ccccc1. The second-order valence-corrected chi connectivity index (χ2v) is 6.52. The highest BCUT2D eigenvalue weighted by Gasteiger charge is 2.36. The van der Waals surface area contributed by atoms with Crippen molar-refractivity contribution in [2.45, 2.75) is 11.7 Å². The molecule has 2 aromatic rings. The lowest BCUT2D eigenvalue weighted by Crippen LogP contribution is -2.30. The van der Waals surface area contributed by atoms with Gasteiger partial charge in [0.2, 0.25) is 11.8 Å². The molecule has 1 aliphatic rings. The van der Waals surface area contributed by atoms with Gasteiger partial charge in [-0.25, -0.2) is 4.99 Å². The van der Waals surface area contributed by atoms with E-state index in [0.717, 1.165) is 11.4 Å². The highest BCUT2D eigenvalue weighted by Crippen LogP contribution is 2.30. The third-order valence-electron chi connectivity index (χ3n) is 3.55. The minimum Gasteiger partial charge on any atom is -0.326 e. The number of hydrogen-bond acceptors (Lipinski definition) is 4. The van der Waals surface area contributed by atoms with E-state index in [-0.39, 0.29) is 18.2 Å². The molecule has 1 aliphatic heterocycles. The van der Waals surface area contributed by atoms with E-state index in [1.807, 2.05) is 60.7 Å². The third kappa shape index (κ3) is 3.83. The molecular formula is C18H17N3O2S. The molecule has 0 saturated carbocycles. The van der Waals surface area contributed by atoms with E-state index in [1.165, 1.54) is 16.7 Å². The highest BCUT2D eigenvalue weighted by molar-refractivity contribution is 8.15. The second kappa shape index (κ2) is 7.31. The summed E-state index contributed by atoms with van der Waals surface area (Å²) >= 11 is 1.33. The largest absolute Gasteiger partial charge is 0.326 e. The summed E-state index contributed by atoms with van der Waals surface area (Å²) in [5.74, 6) is -0.278. The van der Waals surface area contributed by atoms with E-state index in [2.05, 4.69) is 10.3 Å². The molecule has 1 N–H and O–H groups in total. The van der Waals surface area contributed by atoms with Gasteiger partial charge in [-0.3, -0.25) is 14.5 Å². The average molecular weight is 339 g/mol. The number of anilines is 1. The van der Waals surface area contributed by atoms with Gasteiger partial charge in [0.15, 0.2) is 5.17 Å². The van der Waals surface area contributed by atoms with Crippen LogP contribution in [0.15, 0.2) is 65.7 Å². The van der Waals surface area contributed by atoms with Crippen LogP contribution in [0.1, 0.15) is 6.42 Å². The fourth-order valence-electron chi connectivity index (χ4n) is 2.31. The number of carbonyl (C=O) groups excluding carboxylic acids is 2. The number of amides is 2. The van der Waals surface area contributed by atoms with E-state index in [9.17, 15) is 9.59 Å². The molecule has 0 aromatic heterocycles. The van der Waals surface area contributed by atoms with Crippen LogP contribution >= 0.6 is 11.8 Å². The predicted molar refractivity (Wildman–Crippen MR) is 97.4 cm³/mol. The zero-order chi connectivity index (χ0) is 16.9. The molecule has 1 saturated heterocycles. The topological polar surface area (TPSA) is 61.8 Å². The van der Waals surface area contributed by atoms with Crippen molar-refractivity contribution in [2.24, 2.45) is 4.99 Å². The molecule has 2 aromatic carbocycles. The van der Waals surface area contributed by atoms with Gasteiger partial charge in [0, 0.05) is 19.2 Å². The standard InChI is InChI=1S/C18H17N3O2S/c1-21-17(23)15(12-16(22)19-13-8-4-2-5-9-13)24-18(21)20-14-10-6-3-7-11-14/h2-11,15H,12H2,1H3,(H,19,22)/t15-/m0/s1. The maximum atomic E-state index is 12.3. The molecule has 24 heavy (non-hydrogen) atoms. The number of aliphatic imine (C=N–C) groups is 1. The summed E-state index contributed by atoms with van der Waals surface area (Å²) in [5.41, 5.74) is 1.51. The molecule has 1 atom stereocenters. The Kier molecular flexibility index (Phi) is 4.96. The van der Waals surface area contributed by atoms with Crippen molar-refractivity contribution in [1.82, 2.24) is 4.90 Å². The third-order valence-corrected chi connectivity index (χ3v) is 4.78. The molecule has 1 fully saturated rings. The average Bonchev–Trinajstić information content (AvgIpc) is 2.85. The zero-order valence-corrected chi connectivity index (χ0v) is 14.0. The Morgan fingerprint density at radius 1 is 1.12 bits per heavy atom. The summed E-state index contributed by atoms with van der Waals surface area (Å²) < 4.78 is 0. The van der Waals surface area contributed by atoms with Gasteiger partial charge in [-0.2, -0.15) is 0 Å². The van der Waals surface area contributed by atoms with Gasteiger partial charge in [0.1, 0.15) is 5.25 Å². The van der Waals surface area contributed by atoms with Crippen molar-refractivity contribution < 1.29 is 9.59 Å². The number of para-hydroxylation sites is 2. The van der Waals surface area contributed by atoms with Crippen LogP contribution in [0.2, 0.25) is 0 Å². The second-order valence-electron chi connectivity index (χ2n) is 5.35. The lowest BCUT2D eigenvalue weighted by Gasteiger charge is -2.09. The van der Waals surface area contributed by atoms with Gasteiger partial charge in [0.05, 0.1) is 5.69 Å². The van der Waals surface area contributed by atoms with Gasteiger partial charge in [-0.15, -0.1) is 0 Å². The molecule has 0 bridgehead atoms.